The van der Waals surface area contributed by atoms with Gasteiger partial charge in [0.2, 0.25) is 0 Å². The van der Waals surface area contributed by atoms with Crippen molar-refractivity contribution < 1.29 is 14.3 Å². The van der Waals surface area contributed by atoms with Crippen LogP contribution in [0.4, 0.5) is 5.69 Å². The predicted molar refractivity (Wildman–Crippen MR) is 106 cm³/mol. The Hall–Kier alpha value is -2.53. The second kappa shape index (κ2) is 9.08. The lowest BCUT2D eigenvalue weighted by molar-refractivity contribution is -0.112. The summed E-state index contributed by atoms with van der Waals surface area (Å²) in [5, 5.41) is 12.1. The van der Waals surface area contributed by atoms with Crippen LogP contribution in [0.1, 0.15) is 12.5 Å². The topological polar surface area (TPSA) is 71.3 Å². The van der Waals surface area contributed by atoms with Gasteiger partial charge < -0.3 is 14.8 Å². The third-order valence-electron chi connectivity index (χ3n) is 3.25. The molecule has 0 aliphatic carbocycles. The smallest absolute Gasteiger partial charge is 0.266 e. The molecule has 25 heavy (non-hydrogen) atoms. The molecule has 1 amide bonds. The number of hydrogen-bond donors (Lipinski definition) is 1. The number of benzene rings is 2. The lowest BCUT2D eigenvalue weighted by atomic mass is 10.1. The van der Waals surface area contributed by atoms with Crippen LogP contribution in [-0.2, 0) is 4.79 Å². The summed E-state index contributed by atoms with van der Waals surface area (Å²) in [6.45, 7) is 2.36. The molecule has 0 radical (unpaired) electrons. The maximum absolute atomic E-state index is 12.3. The van der Waals surface area contributed by atoms with Gasteiger partial charge in [0.1, 0.15) is 11.6 Å². The summed E-state index contributed by atoms with van der Waals surface area (Å²) < 4.78 is 11.7. The summed E-state index contributed by atoms with van der Waals surface area (Å²) in [5.41, 5.74) is 1.33. The first-order valence-electron chi connectivity index (χ1n) is 7.57. The SMILES string of the molecule is CCOc1cc(/C=C(\C#N)C(=O)Nc2cccc(I)c2)ccc1OC. The van der Waals surface area contributed by atoms with E-state index in [4.69, 9.17) is 9.47 Å². The van der Waals surface area contributed by atoms with Crippen LogP contribution in [0.2, 0.25) is 0 Å². The van der Waals surface area contributed by atoms with Crippen LogP contribution in [-0.4, -0.2) is 19.6 Å². The standard InChI is InChI=1S/C19H17IN2O3/c1-3-25-18-10-13(7-8-17(18)24-2)9-14(12-21)19(23)22-16-6-4-5-15(20)11-16/h4-11H,3H2,1-2H3,(H,22,23)/b14-9+. The number of methoxy groups -OCH3 is 1. The summed E-state index contributed by atoms with van der Waals surface area (Å²) in [6, 6.07) is 14.5. The third kappa shape index (κ3) is 5.22. The molecule has 0 aromatic heterocycles. The highest BCUT2D eigenvalue weighted by molar-refractivity contribution is 14.1. The molecule has 5 nitrogen and oxygen atoms in total. The zero-order chi connectivity index (χ0) is 18.2. The summed E-state index contributed by atoms with van der Waals surface area (Å²) >= 11 is 2.16. The van der Waals surface area contributed by atoms with Crippen molar-refractivity contribution in [2.45, 2.75) is 6.92 Å². The fourth-order valence-electron chi connectivity index (χ4n) is 2.13. The van der Waals surface area contributed by atoms with Crippen LogP contribution in [0.3, 0.4) is 0 Å². The maximum Gasteiger partial charge on any atom is 0.266 e. The number of nitriles is 1. The van der Waals surface area contributed by atoms with E-state index in [1.54, 1.807) is 31.4 Å². The number of carbonyl (C=O) groups is 1. The van der Waals surface area contributed by atoms with E-state index in [0.717, 1.165) is 3.57 Å². The zero-order valence-corrected chi connectivity index (χ0v) is 16.0. The maximum atomic E-state index is 12.3. The van der Waals surface area contributed by atoms with Crippen LogP contribution < -0.4 is 14.8 Å². The van der Waals surface area contributed by atoms with Crippen molar-refractivity contribution in [3.8, 4) is 17.6 Å². The first kappa shape index (κ1) is 18.8. The van der Waals surface area contributed by atoms with Crippen molar-refractivity contribution in [2.75, 3.05) is 19.0 Å². The summed E-state index contributed by atoms with van der Waals surface area (Å²) in [4.78, 5) is 12.3. The highest BCUT2D eigenvalue weighted by atomic mass is 127. The molecule has 0 spiro atoms. The van der Waals surface area contributed by atoms with E-state index in [2.05, 4.69) is 27.9 Å². The second-order valence-electron chi connectivity index (χ2n) is 4.98. The number of nitrogens with one attached hydrogen (secondary N) is 1. The number of carbonyl (C=O) groups excluding carboxylic acids is 1. The molecule has 0 atom stereocenters. The number of hydrogen-bond acceptors (Lipinski definition) is 4. The van der Waals surface area contributed by atoms with Crippen LogP contribution >= 0.6 is 22.6 Å². The van der Waals surface area contributed by atoms with E-state index in [9.17, 15) is 10.1 Å². The molecule has 1 N–H and O–H groups in total. The summed E-state index contributed by atoms with van der Waals surface area (Å²) in [6.07, 6.45) is 1.52. The number of anilines is 1. The molecular weight excluding hydrogens is 431 g/mol. The van der Waals surface area contributed by atoms with E-state index in [-0.39, 0.29) is 5.57 Å². The Morgan fingerprint density at radius 3 is 2.72 bits per heavy atom. The monoisotopic (exact) mass is 448 g/mol. The highest BCUT2D eigenvalue weighted by Crippen LogP contribution is 2.29. The second-order valence-corrected chi connectivity index (χ2v) is 6.22. The number of nitrogens with zero attached hydrogens (tertiary/aromatic N) is 1. The molecule has 2 aromatic rings. The van der Waals surface area contributed by atoms with E-state index in [1.807, 2.05) is 31.2 Å². The van der Waals surface area contributed by atoms with Crippen molar-refractivity contribution in [1.29, 1.82) is 5.26 Å². The molecule has 6 heteroatoms. The molecule has 0 heterocycles. The molecule has 0 saturated heterocycles. The van der Waals surface area contributed by atoms with Gasteiger partial charge in [-0.05, 0) is 71.5 Å². The van der Waals surface area contributed by atoms with Crippen molar-refractivity contribution in [1.82, 2.24) is 0 Å². The highest BCUT2D eigenvalue weighted by Gasteiger charge is 2.11. The van der Waals surface area contributed by atoms with Gasteiger partial charge in [0, 0.05) is 9.26 Å². The van der Waals surface area contributed by atoms with Crippen LogP contribution in [0, 0.1) is 14.9 Å². The third-order valence-corrected chi connectivity index (χ3v) is 3.92. The zero-order valence-electron chi connectivity index (χ0n) is 13.9. The lowest BCUT2D eigenvalue weighted by Crippen LogP contribution is -2.13. The first-order chi connectivity index (χ1) is 12.1. The van der Waals surface area contributed by atoms with Crippen LogP contribution in [0.5, 0.6) is 11.5 Å². The molecule has 0 fully saturated rings. The number of halogens is 1. The minimum absolute atomic E-state index is 0.00600. The Labute approximate surface area is 160 Å². The van der Waals surface area contributed by atoms with Crippen molar-refractivity contribution in [2.24, 2.45) is 0 Å². The summed E-state index contributed by atoms with van der Waals surface area (Å²) in [5.74, 6) is 0.702. The van der Waals surface area contributed by atoms with Crippen molar-refractivity contribution in [3.05, 3.63) is 57.2 Å². The Kier molecular flexibility index (Phi) is 6.83. The molecule has 128 valence electrons. The van der Waals surface area contributed by atoms with Crippen LogP contribution in [0.25, 0.3) is 6.08 Å². The van der Waals surface area contributed by atoms with Crippen molar-refractivity contribution >= 4 is 40.3 Å². The van der Waals surface area contributed by atoms with Gasteiger partial charge >= 0.3 is 0 Å². The average Bonchev–Trinajstić information content (AvgIpc) is 2.60. The van der Waals surface area contributed by atoms with E-state index < -0.39 is 5.91 Å². The predicted octanol–water partition coefficient (Wildman–Crippen LogP) is 4.24. The van der Waals surface area contributed by atoms with Crippen LogP contribution in [0.15, 0.2) is 48.0 Å². The fraction of sp³-hybridized carbons (Fsp3) is 0.158. The average molecular weight is 448 g/mol. The molecule has 0 aliphatic heterocycles. The van der Waals surface area contributed by atoms with E-state index in [1.165, 1.54) is 6.08 Å². The molecule has 0 aliphatic rings. The van der Waals surface area contributed by atoms with Gasteiger partial charge in [0.15, 0.2) is 11.5 Å². The Morgan fingerprint density at radius 2 is 2.08 bits per heavy atom. The van der Waals surface area contributed by atoms with Gasteiger partial charge in [0.05, 0.1) is 13.7 Å². The first-order valence-corrected chi connectivity index (χ1v) is 8.64. The Bertz CT molecular complexity index is 841. The van der Waals surface area contributed by atoms with Gasteiger partial charge in [-0.15, -0.1) is 0 Å². The normalized spacial score (nSPS) is 10.7. The minimum Gasteiger partial charge on any atom is -0.493 e. The largest absolute Gasteiger partial charge is 0.493 e. The quantitative estimate of drug-likeness (QED) is 0.408. The van der Waals surface area contributed by atoms with Gasteiger partial charge in [-0.2, -0.15) is 5.26 Å². The molecule has 0 bridgehead atoms. The van der Waals surface area contributed by atoms with Crippen molar-refractivity contribution in [3.63, 3.8) is 0 Å². The minimum atomic E-state index is -0.460. The van der Waals surface area contributed by atoms with Gasteiger partial charge in [0.25, 0.3) is 5.91 Å². The molecule has 2 rings (SSSR count). The Morgan fingerprint density at radius 1 is 1.28 bits per heavy atom. The molecular formula is C19H17IN2O3. The van der Waals surface area contributed by atoms with E-state index in [0.29, 0.717) is 29.4 Å². The summed E-state index contributed by atoms with van der Waals surface area (Å²) in [7, 11) is 1.56. The molecule has 0 saturated carbocycles. The van der Waals surface area contributed by atoms with E-state index >= 15 is 0 Å². The number of amides is 1. The van der Waals surface area contributed by atoms with Gasteiger partial charge in [-0.25, -0.2) is 0 Å². The number of rotatable bonds is 6. The Balaban J connectivity index is 2.26. The van der Waals surface area contributed by atoms with Gasteiger partial charge in [-0.3, -0.25) is 4.79 Å². The number of ether oxygens (including phenoxy) is 2. The van der Waals surface area contributed by atoms with Gasteiger partial charge in [-0.1, -0.05) is 12.1 Å². The lowest BCUT2D eigenvalue weighted by Gasteiger charge is -2.10. The molecule has 0 unspecified atom stereocenters. The molecule has 2 aromatic carbocycles. The fourth-order valence-corrected chi connectivity index (χ4v) is 2.67.